The number of aliphatic imine (C=N–C) groups is 2. The summed E-state index contributed by atoms with van der Waals surface area (Å²) in [5, 5.41) is 11.1. The van der Waals surface area contributed by atoms with Crippen molar-refractivity contribution >= 4 is 41.8 Å². The molecule has 0 unspecified atom stereocenters. The number of carbonyl (C=O) groups excluding carboxylic acids is 5. The summed E-state index contributed by atoms with van der Waals surface area (Å²) in [5.41, 5.74) is 21.5. The van der Waals surface area contributed by atoms with Gasteiger partial charge in [0.1, 0.15) is 18.4 Å². The van der Waals surface area contributed by atoms with Crippen LogP contribution in [-0.4, -0.2) is 79.6 Å². The molecule has 0 aromatic rings. The van der Waals surface area contributed by atoms with Crippen molar-refractivity contribution in [2.24, 2.45) is 32.9 Å². The Hall–Kier alpha value is -4.17. The van der Waals surface area contributed by atoms with Gasteiger partial charge in [-0.25, -0.2) is 0 Å². The van der Waals surface area contributed by atoms with Gasteiger partial charge in [-0.1, -0.05) is 12.2 Å². The van der Waals surface area contributed by atoms with Gasteiger partial charge in [0.15, 0.2) is 11.9 Å². The highest BCUT2D eigenvalue weighted by Gasteiger charge is 2.27. The molecule has 0 aromatic carbocycles. The molecule has 1 heterocycles. The van der Waals surface area contributed by atoms with Crippen molar-refractivity contribution in [3.8, 4) is 0 Å². The van der Waals surface area contributed by atoms with E-state index in [1.165, 1.54) is 0 Å². The van der Waals surface area contributed by atoms with Crippen LogP contribution in [0.5, 0.6) is 0 Å². The zero-order chi connectivity index (χ0) is 31.9. The van der Waals surface area contributed by atoms with Gasteiger partial charge in [0, 0.05) is 32.5 Å². The summed E-state index contributed by atoms with van der Waals surface area (Å²) in [7, 11) is 0. The Morgan fingerprint density at radius 1 is 0.767 bits per heavy atom. The zero-order valence-corrected chi connectivity index (χ0v) is 25.0. The smallest absolute Gasteiger partial charge is 0.243 e. The minimum atomic E-state index is -0.998. The fourth-order valence-corrected chi connectivity index (χ4v) is 4.35. The molecule has 15 nitrogen and oxygen atoms in total. The van der Waals surface area contributed by atoms with Crippen LogP contribution >= 0.6 is 0 Å². The Labute approximate surface area is 253 Å². The molecule has 3 atom stereocenters. The van der Waals surface area contributed by atoms with E-state index in [1.807, 2.05) is 6.08 Å². The Morgan fingerprint density at radius 3 is 2.12 bits per heavy atom. The second-order valence-corrected chi connectivity index (χ2v) is 10.5. The van der Waals surface area contributed by atoms with Gasteiger partial charge in [0.05, 0.1) is 6.04 Å². The number of amides is 4. The standard InChI is InChI=1S/C28H50N10O5/c29-27(30)34-17-9-7-12-21-26(43)38-22(13-10-18-35-28(31)32)25(42)36-20(19-39)11-6-8-16-33-23(40)14-4-2-1-3-5-15-24(41)37-21/h3,5,19-22H,1-2,4,6-18H2,(H,33,40)(H,36,42)(H,37,41)(H,38,43)(H4,29,30,34)(H4,31,32,35)/b5-3-/t20-,21-,22-/m0/s1. The van der Waals surface area contributed by atoms with Crippen LogP contribution in [0.4, 0.5) is 0 Å². The predicted molar refractivity (Wildman–Crippen MR) is 165 cm³/mol. The van der Waals surface area contributed by atoms with Crippen molar-refractivity contribution in [3.05, 3.63) is 12.2 Å². The minimum Gasteiger partial charge on any atom is -0.370 e. The first kappa shape index (κ1) is 36.9. The Kier molecular flexibility index (Phi) is 19.2. The maximum absolute atomic E-state index is 13.4. The van der Waals surface area contributed by atoms with E-state index in [0.29, 0.717) is 70.7 Å². The van der Waals surface area contributed by atoms with Crippen LogP contribution in [0, 0.1) is 0 Å². The molecule has 0 fully saturated rings. The molecule has 15 heteroatoms. The van der Waals surface area contributed by atoms with E-state index in [9.17, 15) is 24.0 Å². The summed E-state index contributed by atoms with van der Waals surface area (Å²) < 4.78 is 0. The molecule has 0 saturated carbocycles. The summed E-state index contributed by atoms with van der Waals surface area (Å²) in [4.78, 5) is 70.9. The van der Waals surface area contributed by atoms with Crippen molar-refractivity contribution in [2.45, 2.75) is 102 Å². The molecular weight excluding hydrogens is 556 g/mol. The second-order valence-electron chi connectivity index (χ2n) is 10.5. The number of hydrogen-bond acceptors (Lipinski definition) is 7. The molecular formula is C28H50N10O5. The molecule has 0 spiro atoms. The lowest BCUT2D eigenvalue weighted by Crippen LogP contribution is -2.55. The third-order valence-electron chi connectivity index (χ3n) is 6.68. The van der Waals surface area contributed by atoms with Crippen molar-refractivity contribution in [2.75, 3.05) is 19.6 Å². The lowest BCUT2D eigenvalue weighted by molar-refractivity contribution is -0.132. The maximum Gasteiger partial charge on any atom is 0.243 e. The van der Waals surface area contributed by atoms with E-state index in [2.05, 4.69) is 31.3 Å². The van der Waals surface area contributed by atoms with Crippen molar-refractivity contribution in [3.63, 3.8) is 0 Å². The maximum atomic E-state index is 13.4. The number of nitrogens with two attached hydrogens (primary N) is 4. The predicted octanol–water partition coefficient (Wildman–Crippen LogP) is -1.06. The molecule has 0 saturated heterocycles. The molecule has 1 aliphatic rings. The molecule has 43 heavy (non-hydrogen) atoms. The number of nitrogens with one attached hydrogen (secondary N) is 4. The van der Waals surface area contributed by atoms with Crippen LogP contribution in [0.3, 0.4) is 0 Å². The van der Waals surface area contributed by atoms with Crippen molar-refractivity contribution < 1.29 is 24.0 Å². The number of guanidine groups is 2. The summed E-state index contributed by atoms with van der Waals surface area (Å²) in [6.07, 6.45) is 10.6. The Balaban J connectivity index is 3.08. The third-order valence-corrected chi connectivity index (χ3v) is 6.68. The largest absolute Gasteiger partial charge is 0.370 e. The molecule has 1 aliphatic heterocycles. The fraction of sp³-hybridized carbons (Fsp3) is 0.679. The molecule has 4 amide bonds. The average molecular weight is 607 g/mol. The van der Waals surface area contributed by atoms with Gasteiger partial charge in [-0.2, -0.15) is 0 Å². The van der Waals surface area contributed by atoms with Gasteiger partial charge in [-0.05, 0) is 70.6 Å². The molecule has 0 radical (unpaired) electrons. The summed E-state index contributed by atoms with van der Waals surface area (Å²) in [6, 6.07) is -2.68. The zero-order valence-electron chi connectivity index (χ0n) is 25.0. The van der Waals surface area contributed by atoms with E-state index in [-0.39, 0.29) is 43.1 Å². The molecule has 0 bridgehead atoms. The van der Waals surface area contributed by atoms with Gasteiger partial charge in [-0.15, -0.1) is 0 Å². The number of unbranched alkanes of at least 4 members (excludes halogenated alkanes) is 1. The average Bonchev–Trinajstić information content (AvgIpc) is 2.95. The molecule has 0 aliphatic carbocycles. The van der Waals surface area contributed by atoms with Crippen LogP contribution in [0.1, 0.15) is 83.5 Å². The summed E-state index contributed by atoms with van der Waals surface area (Å²) >= 11 is 0. The topological polar surface area (TPSA) is 262 Å². The highest BCUT2D eigenvalue weighted by atomic mass is 16.2. The van der Waals surface area contributed by atoms with Crippen LogP contribution in [0.15, 0.2) is 22.1 Å². The summed E-state index contributed by atoms with van der Waals surface area (Å²) in [6.45, 7) is 1.09. The van der Waals surface area contributed by atoms with E-state index in [0.717, 1.165) is 19.3 Å². The normalized spacial score (nSPS) is 22.7. The quantitative estimate of drug-likeness (QED) is 0.0495. The number of carbonyl (C=O) groups is 5. The lowest BCUT2D eigenvalue weighted by atomic mass is 10.0. The van der Waals surface area contributed by atoms with Gasteiger partial charge in [0.25, 0.3) is 0 Å². The number of aldehydes is 1. The monoisotopic (exact) mass is 606 g/mol. The van der Waals surface area contributed by atoms with Crippen LogP contribution < -0.4 is 44.2 Å². The van der Waals surface area contributed by atoms with Gasteiger partial charge in [0.2, 0.25) is 23.6 Å². The number of allylic oxidation sites excluding steroid dienone is 1. The Morgan fingerprint density at radius 2 is 1.42 bits per heavy atom. The van der Waals surface area contributed by atoms with Crippen LogP contribution in [0.2, 0.25) is 0 Å². The van der Waals surface area contributed by atoms with Crippen LogP contribution in [-0.2, 0) is 24.0 Å². The minimum absolute atomic E-state index is 0.0296. The molecule has 242 valence electrons. The van der Waals surface area contributed by atoms with Gasteiger partial charge >= 0.3 is 0 Å². The van der Waals surface area contributed by atoms with Crippen LogP contribution in [0.25, 0.3) is 0 Å². The first-order chi connectivity index (χ1) is 20.6. The molecule has 1 rings (SSSR count). The Bertz CT molecular complexity index is 977. The first-order valence-electron chi connectivity index (χ1n) is 15.0. The summed E-state index contributed by atoms with van der Waals surface area (Å²) in [5.74, 6) is -1.57. The SMILES string of the molecule is NC(N)=NCCCC[C@@H]1NC(=O)C/C=C\CCCCC(=O)NCCCC[C@@H](C=O)NC(=O)[C@H](CCCN=C(N)N)NC1=O. The third kappa shape index (κ3) is 18.8. The number of nitrogens with zero attached hydrogens (tertiary/aromatic N) is 2. The highest BCUT2D eigenvalue weighted by Crippen LogP contribution is 2.08. The van der Waals surface area contributed by atoms with E-state index in [1.54, 1.807) is 6.08 Å². The number of hydrogen-bond donors (Lipinski definition) is 8. The van der Waals surface area contributed by atoms with Gasteiger partial charge < -0.3 is 49.0 Å². The van der Waals surface area contributed by atoms with E-state index >= 15 is 0 Å². The van der Waals surface area contributed by atoms with E-state index in [4.69, 9.17) is 22.9 Å². The molecule has 12 N–H and O–H groups in total. The fourth-order valence-electron chi connectivity index (χ4n) is 4.35. The number of rotatable bonds is 10. The molecule has 0 aromatic heterocycles. The lowest BCUT2D eigenvalue weighted by Gasteiger charge is -2.24. The highest BCUT2D eigenvalue weighted by molar-refractivity contribution is 5.93. The van der Waals surface area contributed by atoms with Crippen molar-refractivity contribution in [1.82, 2.24) is 21.3 Å². The van der Waals surface area contributed by atoms with Gasteiger partial charge in [-0.3, -0.25) is 29.2 Å². The van der Waals surface area contributed by atoms with E-state index < -0.39 is 29.9 Å². The van der Waals surface area contributed by atoms with Crippen molar-refractivity contribution in [1.29, 1.82) is 0 Å². The second kappa shape index (κ2) is 22.4. The first-order valence-corrected chi connectivity index (χ1v) is 15.0.